The van der Waals surface area contributed by atoms with E-state index < -0.39 is 0 Å². The average molecular weight is 340 g/mol. The minimum atomic E-state index is -0.325. The number of halogens is 1. The zero-order valence-corrected chi connectivity index (χ0v) is 13.8. The third-order valence-electron chi connectivity index (χ3n) is 3.61. The predicted octanol–water partition coefficient (Wildman–Crippen LogP) is 1.80. The summed E-state index contributed by atoms with van der Waals surface area (Å²) in [7, 11) is 3.55. The molecule has 8 heteroatoms. The van der Waals surface area contributed by atoms with E-state index in [2.05, 4.69) is 20.4 Å². The molecule has 128 valence electrons. The van der Waals surface area contributed by atoms with Crippen LogP contribution in [-0.4, -0.2) is 39.8 Å². The molecule has 1 aromatic carbocycles. The number of carbonyl (C=O) groups is 1. The summed E-state index contributed by atoms with van der Waals surface area (Å²) >= 11 is 0. The first-order valence-corrected chi connectivity index (χ1v) is 7.59. The fraction of sp³-hybridized carbons (Fsp3) is 0.176. The van der Waals surface area contributed by atoms with E-state index in [4.69, 9.17) is 0 Å². The van der Waals surface area contributed by atoms with Crippen molar-refractivity contribution in [1.82, 2.24) is 25.1 Å². The molecule has 0 unspecified atom stereocenters. The van der Waals surface area contributed by atoms with Gasteiger partial charge in [0.1, 0.15) is 18.5 Å². The highest BCUT2D eigenvalue weighted by molar-refractivity contribution is 5.94. The highest BCUT2D eigenvalue weighted by Gasteiger charge is 2.10. The molecular formula is C17H17FN6O. The Morgan fingerprint density at radius 3 is 2.80 bits per heavy atom. The molecule has 0 saturated heterocycles. The topological polar surface area (TPSA) is 75.9 Å². The van der Waals surface area contributed by atoms with Crippen molar-refractivity contribution in [2.24, 2.45) is 0 Å². The van der Waals surface area contributed by atoms with Gasteiger partial charge in [0.15, 0.2) is 5.82 Å². The molecule has 0 aliphatic rings. The van der Waals surface area contributed by atoms with Gasteiger partial charge in [-0.3, -0.25) is 4.79 Å². The number of benzene rings is 1. The van der Waals surface area contributed by atoms with Crippen LogP contribution < -0.4 is 10.2 Å². The van der Waals surface area contributed by atoms with Crippen molar-refractivity contribution in [3.63, 3.8) is 0 Å². The van der Waals surface area contributed by atoms with Gasteiger partial charge >= 0.3 is 0 Å². The van der Waals surface area contributed by atoms with Crippen molar-refractivity contribution in [2.75, 3.05) is 19.0 Å². The molecule has 0 atom stereocenters. The number of hydrogen-bond acceptors (Lipinski definition) is 5. The minimum Gasteiger partial charge on any atom is -0.375 e. The lowest BCUT2D eigenvalue weighted by molar-refractivity contribution is 0.0950. The van der Waals surface area contributed by atoms with E-state index in [0.29, 0.717) is 22.6 Å². The second-order valence-electron chi connectivity index (χ2n) is 5.61. The zero-order chi connectivity index (χ0) is 17.8. The van der Waals surface area contributed by atoms with Crippen LogP contribution in [0.5, 0.6) is 0 Å². The molecule has 0 aliphatic heterocycles. The second-order valence-corrected chi connectivity index (χ2v) is 5.61. The maximum Gasteiger partial charge on any atom is 0.251 e. The molecule has 2 heterocycles. The molecule has 0 bridgehead atoms. The SMILES string of the molecule is CN(C)c1ccc(CNC(=O)c2ccnc(-n3cncn3)c2)cc1F. The molecule has 1 amide bonds. The van der Waals surface area contributed by atoms with Gasteiger partial charge in [-0.15, -0.1) is 0 Å². The maximum atomic E-state index is 14.0. The number of aromatic nitrogens is 4. The molecule has 0 radical (unpaired) electrons. The Hall–Kier alpha value is -3.29. The van der Waals surface area contributed by atoms with Crippen LogP contribution >= 0.6 is 0 Å². The summed E-state index contributed by atoms with van der Waals surface area (Å²) in [6.07, 6.45) is 4.41. The molecule has 3 aromatic rings. The summed E-state index contributed by atoms with van der Waals surface area (Å²) in [5.41, 5.74) is 1.62. The third-order valence-corrected chi connectivity index (χ3v) is 3.61. The maximum absolute atomic E-state index is 14.0. The molecule has 0 fully saturated rings. The first-order chi connectivity index (χ1) is 12.0. The predicted molar refractivity (Wildman–Crippen MR) is 91.1 cm³/mol. The van der Waals surface area contributed by atoms with Crippen LogP contribution in [0.25, 0.3) is 5.82 Å². The smallest absolute Gasteiger partial charge is 0.251 e. The molecule has 0 aliphatic carbocycles. The lowest BCUT2D eigenvalue weighted by Crippen LogP contribution is -2.23. The van der Waals surface area contributed by atoms with E-state index in [1.165, 1.54) is 29.6 Å². The Bertz CT molecular complexity index is 879. The van der Waals surface area contributed by atoms with Crippen molar-refractivity contribution in [3.8, 4) is 5.82 Å². The Kier molecular flexibility index (Phi) is 4.69. The first kappa shape index (κ1) is 16.6. The van der Waals surface area contributed by atoms with Crippen LogP contribution in [0, 0.1) is 5.82 Å². The van der Waals surface area contributed by atoms with Gasteiger partial charge in [-0.05, 0) is 29.8 Å². The standard InChI is InChI=1S/C17H17FN6O/c1-23(2)15-4-3-12(7-14(15)18)9-21-17(25)13-5-6-20-16(8-13)24-11-19-10-22-24/h3-8,10-11H,9H2,1-2H3,(H,21,25). The van der Waals surface area contributed by atoms with Gasteiger partial charge in [0.05, 0.1) is 5.69 Å². The van der Waals surface area contributed by atoms with Crippen LogP contribution in [0.15, 0.2) is 49.2 Å². The van der Waals surface area contributed by atoms with E-state index in [0.717, 1.165) is 0 Å². The number of nitrogens with zero attached hydrogens (tertiary/aromatic N) is 5. The van der Waals surface area contributed by atoms with Gasteiger partial charge in [0.25, 0.3) is 5.91 Å². The van der Waals surface area contributed by atoms with Crippen LogP contribution in [0.3, 0.4) is 0 Å². The van der Waals surface area contributed by atoms with Crippen molar-refractivity contribution in [3.05, 3.63) is 66.1 Å². The summed E-state index contributed by atoms with van der Waals surface area (Å²) in [5.74, 6) is -0.110. The van der Waals surface area contributed by atoms with E-state index in [9.17, 15) is 9.18 Å². The number of hydrogen-bond donors (Lipinski definition) is 1. The molecule has 0 saturated carbocycles. The normalized spacial score (nSPS) is 10.5. The fourth-order valence-corrected chi connectivity index (χ4v) is 2.32. The molecular weight excluding hydrogens is 323 g/mol. The van der Waals surface area contributed by atoms with Crippen molar-refractivity contribution in [2.45, 2.75) is 6.54 Å². The zero-order valence-electron chi connectivity index (χ0n) is 13.8. The monoisotopic (exact) mass is 340 g/mol. The van der Waals surface area contributed by atoms with Crippen LogP contribution in [0.4, 0.5) is 10.1 Å². The Labute approximate surface area is 144 Å². The summed E-state index contributed by atoms with van der Waals surface area (Å²) in [5, 5.41) is 6.75. The van der Waals surface area contributed by atoms with Crippen molar-refractivity contribution < 1.29 is 9.18 Å². The lowest BCUT2D eigenvalue weighted by atomic mass is 10.1. The molecule has 0 spiro atoms. The summed E-state index contributed by atoms with van der Waals surface area (Å²) in [4.78, 5) is 22.0. The lowest BCUT2D eigenvalue weighted by Gasteiger charge is -2.14. The van der Waals surface area contributed by atoms with Crippen LogP contribution in [0.1, 0.15) is 15.9 Å². The Morgan fingerprint density at radius 1 is 1.28 bits per heavy atom. The van der Waals surface area contributed by atoms with E-state index in [-0.39, 0.29) is 18.3 Å². The van der Waals surface area contributed by atoms with E-state index in [1.807, 2.05) is 0 Å². The Morgan fingerprint density at radius 2 is 2.12 bits per heavy atom. The van der Waals surface area contributed by atoms with Gasteiger partial charge in [0, 0.05) is 32.4 Å². The van der Waals surface area contributed by atoms with Gasteiger partial charge in [-0.1, -0.05) is 6.07 Å². The quantitative estimate of drug-likeness (QED) is 0.766. The largest absolute Gasteiger partial charge is 0.375 e. The molecule has 2 aromatic heterocycles. The number of nitrogens with one attached hydrogen (secondary N) is 1. The Balaban J connectivity index is 1.69. The fourth-order valence-electron chi connectivity index (χ4n) is 2.32. The van der Waals surface area contributed by atoms with Crippen molar-refractivity contribution in [1.29, 1.82) is 0 Å². The number of rotatable bonds is 5. The highest BCUT2D eigenvalue weighted by Crippen LogP contribution is 2.18. The number of amides is 1. The second kappa shape index (κ2) is 7.08. The van der Waals surface area contributed by atoms with Gasteiger partial charge in [-0.2, -0.15) is 5.10 Å². The van der Waals surface area contributed by atoms with Crippen LogP contribution in [0.2, 0.25) is 0 Å². The molecule has 1 N–H and O–H groups in total. The van der Waals surface area contributed by atoms with Gasteiger partial charge < -0.3 is 10.2 Å². The molecule has 3 rings (SSSR count). The number of pyridine rings is 1. The van der Waals surface area contributed by atoms with Crippen LogP contribution in [-0.2, 0) is 6.54 Å². The summed E-state index contributed by atoms with van der Waals surface area (Å²) in [6.45, 7) is 0.227. The average Bonchev–Trinajstić information content (AvgIpc) is 3.14. The van der Waals surface area contributed by atoms with E-state index >= 15 is 0 Å². The highest BCUT2D eigenvalue weighted by atomic mass is 19.1. The van der Waals surface area contributed by atoms with Crippen molar-refractivity contribution >= 4 is 11.6 Å². The van der Waals surface area contributed by atoms with Gasteiger partial charge in [-0.25, -0.2) is 19.0 Å². The van der Waals surface area contributed by atoms with Gasteiger partial charge in [0.2, 0.25) is 0 Å². The minimum absolute atomic E-state index is 0.227. The van der Waals surface area contributed by atoms with E-state index in [1.54, 1.807) is 43.3 Å². The third kappa shape index (κ3) is 3.79. The number of anilines is 1. The first-order valence-electron chi connectivity index (χ1n) is 7.59. The molecule has 25 heavy (non-hydrogen) atoms. The molecule has 7 nitrogen and oxygen atoms in total. The summed E-state index contributed by atoms with van der Waals surface area (Å²) < 4.78 is 15.4. The number of carbonyl (C=O) groups excluding carboxylic acids is 1. The summed E-state index contributed by atoms with van der Waals surface area (Å²) in [6, 6.07) is 8.10.